The molecular weight excluding hydrogens is 318 g/mol. The quantitative estimate of drug-likeness (QED) is 0.928. The van der Waals surface area contributed by atoms with Crippen molar-refractivity contribution in [1.82, 2.24) is 15.5 Å². The molecule has 0 amide bonds. The van der Waals surface area contributed by atoms with Gasteiger partial charge in [-0.25, -0.2) is 0 Å². The van der Waals surface area contributed by atoms with Gasteiger partial charge >= 0.3 is 0 Å². The second kappa shape index (κ2) is 5.66. The molecule has 3 rings (SSSR count). The lowest BCUT2D eigenvalue weighted by molar-refractivity contribution is 0.277. The van der Waals surface area contributed by atoms with Crippen LogP contribution in [-0.4, -0.2) is 23.2 Å². The Morgan fingerprint density at radius 2 is 2.25 bits per heavy atom. The van der Waals surface area contributed by atoms with Crippen molar-refractivity contribution in [1.29, 1.82) is 0 Å². The molecule has 5 heteroatoms. The molecule has 4 nitrogen and oxygen atoms in total. The third kappa shape index (κ3) is 2.40. The first-order valence-electron chi connectivity index (χ1n) is 7.05. The lowest BCUT2D eigenvalue weighted by Crippen LogP contribution is -2.29. The van der Waals surface area contributed by atoms with Crippen LogP contribution in [0.15, 0.2) is 33.3 Å². The van der Waals surface area contributed by atoms with E-state index in [4.69, 9.17) is 4.52 Å². The van der Waals surface area contributed by atoms with Crippen LogP contribution in [0.4, 0.5) is 0 Å². The second-order valence-electron chi connectivity index (χ2n) is 5.36. The molecule has 0 radical (unpaired) electrons. The fraction of sp³-hybridized carbons (Fsp3) is 0.467. The first kappa shape index (κ1) is 13.8. The topological polar surface area (TPSA) is 51.0 Å². The van der Waals surface area contributed by atoms with Crippen molar-refractivity contribution in [2.24, 2.45) is 0 Å². The molecule has 0 bridgehead atoms. The third-order valence-electron chi connectivity index (χ3n) is 3.97. The van der Waals surface area contributed by atoms with Crippen molar-refractivity contribution in [2.75, 3.05) is 13.1 Å². The summed E-state index contributed by atoms with van der Waals surface area (Å²) in [4.78, 5) is 4.67. The van der Waals surface area contributed by atoms with Crippen molar-refractivity contribution in [3.63, 3.8) is 0 Å². The molecule has 1 aromatic heterocycles. The van der Waals surface area contributed by atoms with Gasteiger partial charge in [0.15, 0.2) is 0 Å². The molecule has 1 N–H and O–H groups in total. The maximum atomic E-state index is 5.59. The summed E-state index contributed by atoms with van der Waals surface area (Å²) in [6.07, 6.45) is 3.27. The van der Waals surface area contributed by atoms with Crippen LogP contribution in [0.3, 0.4) is 0 Å². The zero-order valence-electron chi connectivity index (χ0n) is 11.5. The van der Waals surface area contributed by atoms with E-state index >= 15 is 0 Å². The summed E-state index contributed by atoms with van der Waals surface area (Å²) >= 11 is 3.54. The van der Waals surface area contributed by atoms with Crippen molar-refractivity contribution in [2.45, 2.75) is 31.6 Å². The monoisotopic (exact) mass is 335 g/mol. The molecule has 20 heavy (non-hydrogen) atoms. The van der Waals surface area contributed by atoms with E-state index in [1.165, 1.54) is 0 Å². The van der Waals surface area contributed by atoms with Crippen molar-refractivity contribution in [3.8, 4) is 11.4 Å². The fourth-order valence-corrected chi connectivity index (χ4v) is 3.38. The minimum atomic E-state index is 0.0151. The third-order valence-corrected chi connectivity index (χ3v) is 4.66. The predicted octanol–water partition coefficient (Wildman–Crippen LogP) is 3.53. The number of nitrogens with zero attached hydrogens (tertiary/aromatic N) is 2. The molecular formula is C15H18BrN3O. The van der Waals surface area contributed by atoms with Gasteiger partial charge in [-0.05, 0) is 31.5 Å². The molecule has 1 atom stereocenters. The summed E-state index contributed by atoms with van der Waals surface area (Å²) in [5.74, 6) is 1.44. The number of aromatic nitrogens is 2. The van der Waals surface area contributed by atoms with Crippen molar-refractivity contribution < 1.29 is 4.52 Å². The molecule has 1 unspecified atom stereocenters. The summed E-state index contributed by atoms with van der Waals surface area (Å²) in [5, 5.41) is 7.60. The highest BCUT2D eigenvalue weighted by molar-refractivity contribution is 9.10. The van der Waals surface area contributed by atoms with Crippen LogP contribution in [0.5, 0.6) is 0 Å². The van der Waals surface area contributed by atoms with Gasteiger partial charge in [0.2, 0.25) is 11.7 Å². The van der Waals surface area contributed by atoms with Gasteiger partial charge in [-0.2, -0.15) is 4.98 Å². The predicted molar refractivity (Wildman–Crippen MR) is 81.5 cm³/mol. The maximum Gasteiger partial charge on any atom is 0.234 e. The zero-order chi connectivity index (χ0) is 14.0. The van der Waals surface area contributed by atoms with E-state index in [0.29, 0.717) is 5.82 Å². The molecule has 1 aliphatic heterocycles. The van der Waals surface area contributed by atoms with E-state index in [1.807, 2.05) is 24.3 Å². The number of hydrogen-bond donors (Lipinski definition) is 1. The van der Waals surface area contributed by atoms with Crippen molar-refractivity contribution in [3.05, 3.63) is 34.6 Å². The normalized spacial score (nSPS) is 22.3. The van der Waals surface area contributed by atoms with Gasteiger partial charge in [-0.1, -0.05) is 46.6 Å². The van der Waals surface area contributed by atoms with Crippen LogP contribution >= 0.6 is 15.9 Å². The van der Waals surface area contributed by atoms with E-state index in [9.17, 15) is 0 Å². The van der Waals surface area contributed by atoms with Crippen LogP contribution in [0, 0.1) is 0 Å². The van der Waals surface area contributed by atoms with Crippen LogP contribution in [-0.2, 0) is 5.41 Å². The van der Waals surface area contributed by atoms with E-state index in [2.05, 4.69) is 38.3 Å². The van der Waals surface area contributed by atoms with Gasteiger partial charge in [0.1, 0.15) is 0 Å². The average molecular weight is 336 g/mol. The molecule has 1 saturated heterocycles. The van der Waals surface area contributed by atoms with Gasteiger partial charge in [0.05, 0.1) is 5.41 Å². The summed E-state index contributed by atoms with van der Waals surface area (Å²) in [7, 11) is 0. The first-order valence-corrected chi connectivity index (χ1v) is 7.84. The van der Waals surface area contributed by atoms with Crippen LogP contribution in [0.2, 0.25) is 0 Å². The van der Waals surface area contributed by atoms with Gasteiger partial charge in [0, 0.05) is 16.6 Å². The summed E-state index contributed by atoms with van der Waals surface area (Å²) in [6.45, 7) is 4.15. The second-order valence-corrected chi connectivity index (χ2v) is 6.21. The highest BCUT2D eigenvalue weighted by Gasteiger charge is 2.40. The number of halogens is 1. The molecule has 0 saturated carbocycles. The molecule has 2 heterocycles. The Kier molecular flexibility index (Phi) is 3.89. The van der Waals surface area contributed by atoms with Gasteiger partial charge in [-0.15, -0.1) is 0 Å². The lowest BCUT2D eigenvalue weighted by Gasteiger charge is -2.22. The Labute approximate surface area is 127 Å². The number of benzene rings is 1. The van der Waals surface area contributed by atoms with Gasteiger partial charge < -0.3 is 9.84 Å². The maximum absolute atomic E-state index is 5.59. The Morgan fingerprint density at radius 3 is 2.95 bits per heavy atom. The number of rotatable bonds is 4. The molecule has 2 aromatic rings. The molecule has 106 valence electrons. The van der Waals surface area contributed by atoms with Gasteiger partial charge in [-0.3, -0.25) is 0 Å². The number of nitrogens with one attached hydrogen (secondary N) is 1. The fourth-order valence-electron chi connectivity index (χ4n) is 2.92. The standard InChI is InChI=1S/C15H18BrN3O/c1-2-7-15(8-9-17-10-15)14-18-13(19-20-14)11-5-3-4-6-12(11)16/h3-6,17H,2,7-10H2,1H3. The SMILES string of the molecule is CCCC1(c2nc(-c3ccccc3Br)no2)CCNC1. The first-order chi connectivity index (χ1) is 9.75. The minimum Gasteiger partial charge on any atom is -0.338 e. The van der Waals surface area contributed by atoms with E-state index in [1.54, 1.807) is 0 Å². The van der Waals surface area contributed by atoms with E-state index in [-0.39, 0.29) is 5.41 Å². The Hall–Kier alpha value is -1.20. The van der Waals surface area contributed by atoms with Crippen molar-refractivity contribution >= 4 is 15.9 Å². The molecule has 0 spiro atoms. The molecule has 1 aromatic carbocycles. The zero-order valence-corrected chi connectivity index (χ0v) is 13.1. The Bertz CT molecular complexity index is 590. The molecule has 0 aliphatic carbocycles. The largest absolute Gasteiger partial charge is 0.338 e. The highest BCUT2D eigenvalue weighted by Crippen LogP contribution is 2.36. The average Bonchev–Trinajstić information content (AvgIpc) is 3.09. The highest BCUT2D eigenvalue weighted by atomic mass is 79.9. The van der Waals surface area contributed by atoms with Gasteiger partial charge in [0.25, 0.3) is 0 Å². The van der Waals surface area contributed by atoms with Crippen LogP contribution < -0.4 is 5.32 Å². The lowest BCUT2D eigenvalue weighted by atomic mass is 9.82. The summed E-state index contributed by atoms with van der Waals surface area (Å²) in [6, 6.07) is 7.95. The van der Waals surface area contributed by atoms with E-state index < -0.39 is 0 Å². The van der Waals surface area contributed by atoms with Crippen LogP contribution in [0.1, 0.15) is 32.1 Å². The van der Waals surface area contributed by atoms with E-state index in [0.717, 1.165) is 48.3 Å². The minimum absolute atomic E-state index is 0.0151. The molecule has 1 aliphatic rings. The Morgan fingerprint density at radius 1 is 1.40 bits per heavy atom. The molecule has 1 fully saturated rings. The summed E-state index contributed by atoms with van der Waals surface area (Å²) < 4.78 is 6.58. The number of hydrogen-bond acceptors (Lipinski definition) is 4. The Balaban J connectivity index is 1.95. The van der Waals surface area contributed by atoms with Crippen LogP contribution in [0.25, 0.3) is 11.4 Å². The summed E-state index contributed by atoms with van der Waals surface area (Å²) in [5.41, 5.74) is 0.987. The smallest absolute Gasteiger partial charge is 0.234 e.